The molecule has 2 aromatic rings. The second kappa shape index (κ2) is 11.0. The molecule has 1 aliphatic carbocycles. The monoisotopic (exact) mass is 356 g/mol. The molecule has 0 heterocycles. The van der Waals surface area contributed by atoms with E-state index < -0.39 is 0 Å². The Hall–Kier alpha value is -1.87. The normalized spacial score (nSPS) is 15.2. The van der Waals surface area contributed by atoms with Crippen LogP contribution in [0, 0.1) is 5.82 Å². The lowest BCUT2D eigenvalue weighted by molar-refractivity contribution is 0.627. The van der Waals surface area contributed by atoms with Gasteiger partial charge in [-0.3, -0.25) is 0 Å². The van der Waals surface area contributed by atoms with Crippen LogP contribution in [-0.4, -0.2) is 13.1 Å². The summed E-state index contributed by atoms with van der Waals surface area (Å²) in [5.41, 5.74) is 5.20. The van der Waals surface area contributed by atoms with Gasteiger partial charge < -0.3 is 10.6 Å². The summed E-state index contributed by atoms with van der Waals surface area (Å²) in [6.45, 7) is 9.73. The van der Waals surface area contributed by atoms with Crippen LogP contribution in [-0.2, 0) is 13.0 Å². The van der Waals surface area contributed by atoms with E-state index in [0.29, 0.717) is 5.92 Å². The molecule has 0 saturated heterocycles. The average molecular weight is 357 g/mol. The van der Waals surface area contributed by atoms with Crippen molar-refractivity contribution in [3.63, 3.8) is 0 Å². The van der Waals surface area contributed by atoms with E-state index in [1.54, 1.807) is 0 Å². The molecule has 3 heteroatoms. The third-order valence-corrected chi connectivity index (χ3v) is 4.79. The molecule has 1 atom stereocenters. The van der Waals surface area contributed by atoms with Gasteiger partial charge in [-0.15, -0.1) is 0 Å². The van der Waals surface area contributed by atoms with Crippen molar-refractivity contribution in [3.8, 4) is 0 Å². The van der Waals surface area contributed by atoms with E-state index >= 15 is 0 Å². The molecule has 0 aliphatic heterocycles. The summed E-state index contributed by atoms with van der Waals surface area (Å²) in [4.78, 5) is 0. The molecule has 1 aliphatic rings. The maximum absolute atomic E-state index is 12.8. The molecule has 2 N–H and O–H groups in total. The molecule has 0 aromatic heterocycles. The van der Waals surface area contributed by atoms with Crippen LogP contribution in [0.4, 0.5) is 10.1 Å². The summed E-state index contributed by atoms with van der Waals surface area (Å²) in [6, 6.07) is 13.3. The Morgan fingerprint density at radius 2 is 1.69 bits per heavy atom. The summed E-state index contributed by atoms with van der Waals surface area (Å²) < 4.78 is 12.8. The first kappa shape index (κ1) is 20.4. The van der Waals surface area contributed by atoms with E-state index in [4.69, 9.17) is 0 Å². The van der Waals surface area contributed by atoms with Crippen LogP contribution in [0.2, 0.25) is 0 Å². The van der Waals surface area contributed by atoms with Gasteiger partial charge in [0.2, 0.25) is 0 Å². The topological polar surface area (TPSA) is 24.1 Å². The highest BCUT2D eigenvalue weighted by Gasteiger charge is 2.18. The van der Waals surface area contributed by atoms with Crippen LogP contribution in [0.1, 0.15) is 62.6 Å². The van der Waals surface area contributed by atoms with Gasteiger partial charge in [-0.1, -0.05) is 39.0 Å². The molecule has 26 heavy (non-hydrogen) atoms. The predicted molar refractivity (Wildman–Crippen MR) is 110 cm³/mol. The molecule has 0 bridgehead atoms. The van der Waals surface area contributed by atoms with Gasteiger partial charge in [0.1, 0.15) is 5.82 Å². The molecule has 0 spiro atoms. The van der Waals surface area contributed by atoms with E-state index in [1.165, 1.54) is 62.0 Å². The molecule has 0 fully saturated rings. The largest absolute Gasteiger partial charge is 0.381 e. The van der Waals surface area contributed by atoms with Crippen LogP contribution in [0.3, 0.4) is 0 Å². The first-order valence-electron chi connectivity index (χ1n) is 9.95. The first-order valence-corrected chi connectivity index (χ1v) is 9.95. The highest BCUT2D eigenvalue weighted by atomic mass is 19.1. The van der Waals surface area contributed by atoms with Crippen molar-refractivity contribution in [2.45, 2.75) is 58.9 Å². The van der Waals surface area contributed by atoms with Gasteiger partial charge in [0.15, 0.2) is 0 Å². The van der Waals surface area contributed by atoms with Gasteiger partial charge in [-0.2, -0.15) is 0 Å². The third-order valence-electron chi connectivity index (χ3n) is 4.79. The molecule has 1 unspecified atom stereocenters. The lowest BCUT2D eigenvalue weighted by Gasteiger charge is -2.10. The quantitative estimate of drug-likeness (QED) is 0.605. The van der Waals surface area contributed by atoms with E-state index in [-0.39, 0.29) is 5.82 Å². The number of rotatable bonds is 7. The number of fused-ring (bicyclic) bond motifs is 1. The third kappa shape index (κ3) is 6.45. The number of hydrogen-bond acceptors (Lipinski definition) is 2. The molecule has 0 amide bonds. The first-order chi connectivity index (χ1) is 12.6. The van der Waals surface area contributed by atoms with Crippen molar-refractivity contribution in [2.75, 3.05) is 18.4 Å². The van der Waals surface area contributed by atoms with Crippen LogP contribution in [0.5, 0.6) is 0 Å². The van der Waals surface area contributed by atoms with Crippen LogP contribution < -0.4 is 10.6 Å². The maximum atomic E-state index is 12.8. The standard InChI is InChI=1S/C17H18FN.C6H15N/c1-12-2-5-14-6-9-16(10-17(12)14)19-11-13-3-7-15(18)8-4-13;1-3-5-7-6-4-2/h3-4,6-10,12,19H,2,5,11H2,1H3;7H,3-6H2,1-2H3. The second-order valence-electron chi connectivity index (χ2n) is 7.08. The zero-order valence-electron chi connectivity index (χ0n) is 16.4. The molecular formula is C23H33FN2. The van der Waals surface area contributed by atoms with Crippen molar-refractivity contribution < 1.29 is 4.39 Å². The van der Waals surface area contributed by atoms with E-state index in [9.17, 15) is 4.39 Å². The SMILES string of the molecule is CC1CCc2ccc(NCc3ccc(F)cc3)cc21.CCCNCCC. The van der Waals surface area contributed by atoms with Crippen molar-refractivity contribution in [1.82, 2.24) is 5.32 Å². The fourth-order valence-electron chi connectivity index (χ4n) is 3.20. The molecule has 3 rings (SSSR count). The smallest absolute Gasteiger partial charge is 0.123 e. The highest BCUT2D eigenvalue weighted by molar-refractivity contribution is 5.51. The number of benzene rings is 2. The minimum absolute atomic E-state index is 0.185. The van der Waals surface area contributed by atoms with Crippen molar-refractivity contribution in [1.29, 1.82) is 0 Å². The van der Waals surface area contributed by atoms with Gasteiger partial charge in [-0.05, 0) is 85.6 Å². The summed E-state index contributed by atoms with van der Waals surface area (Å²) >= 11 is 0. The summed E-state index contributed by atoms with van der Waals surface area (Å²) in [7, 11) is 0. The van der Waals surface area contributed by atoms with Crippen molar-refractivity contribution in [3.05, 3.63) is 65.0 Å². The van der Waals surface area contributed by atoms with Crippen LogP contribution in [0.15, 0.2) is 42.5 Å². The molecular weight excluding hydrogens is 323 g/mol. The lowest BCUT2D eigenvalue weighted by atomic mass is 10.0. The Balaban J connectivity index is 0.000000298. The molecule has 2 nitrogen and oxygen atoms in total. The van der Waals surface area contributed by atoms with Crippen molar-refractivity contribution >= 4 is 5.69 Å². The molecule has 2 aromatic carbocycles. The van der Waals surface area contributed by atoms with Gasteiger partial charge in [0.25, 0.3) is 0 Å². The van der Waals surface area contributed by atoms with Crippen LogP contribution in [0.25, 0.3) is 0 Å². The van der Waals surface area contributed by atoms with E-state index in [2.05, 4.69) is 49.6 Å². The number of aryl methyl sites for hydroxylation is 1. The number of halogens is 1. The lowest BCUT2D eigenvalue weighted by Crippen LogP contribution is -2.14. The molecule has 0 saturated carbocycles. The van der Waals surface area contributed by atoms with Crippen molar-refractivity contribution in [2.24, 2.45) is 0 Å². The molecule has 0 radical (unpaired) electrons. The maximum Gasteiger partial charge on any atom is 0.123 e. The zero-order chi connectivity index (χ0) is 18.8. The Bertz CT molecular complexity index is 648. The summed E-state index contributed by atoms with van der Waals surface area (Å²) in [6.07, 6.45) is 4.96. The average Bonchev–Trinajstić information content (AvgIpc) is 3.03. The number of nitrogens with one attached hydrogen (secondary N) is 2. The van der Waals surface area contributed by atoms with Crippen LogP contribution >= 0.6 is 0 Å². The summed E-state index contributed by atoms with van der Waals surface area (Å²) in [5, 5.41) is 6.69. The minimum atomic E-state index is -0.185. The fourth-order valence-corrected chi connectivity index (χ4v) is 3.20. The Kier molecular flexibility index (Phi) is 8.63. The Morgan fingerprint density at radius 3 is 2.35 bits per heavy atom. The van der Waals surface area contributed by atoms with Gasteiger partial charge in [-0.25, -0.2) is 4.39 Å². The van der Waals surface area contributed by atoms with Gasteiger partial charge in [0, 0.05) is 12.2 Å². The zero-order valence-corrected chi connectivity index (χ0v) is 16.4. The van der Waals surface area contributed by atoms with E-state index in [0.717, 1.165) is 17.8 Å². The predicted octanol–water partition coefficient (Wildman–Crippen LogP) is 5.88. The molecule has 142 valence electrons. The minimum Gasteiger partial charge on any atom is -0.381 e. The summed E-state index contributed by atoms with van der Waals surface area (Å²) in [5.74, 6) is 0.484. The Morgan fingerprint density at radius 1 is 1.00 bits per heavy atom. The van der Waals surface area contributed by atoms with E-state index in [1.807, 2.05) is 12.1 Å². The number of anilines is 1. The van der Waals surface area contributed by atoms with Gasteiger partial charge in [0.05, 0.1) is 0 Å². The fraction of sp³-hybridized carbons (Fsp3) is 0.478. The number of hydrogen-bond donors (Lipinski definition) is 2. The van der Waals surface area contributed by atoms with Gasteiger partial charge >= 0.3 is 0 Å². The Labute approximate surface area is 158 Å². The second-order valence-corrected chi connectivity index (χ2v) is 7.08. The highest BCUT2D eigenvalue weighted by Crippen LogP contribution is 2.34.